The van der Waals surface area contributed by atoms with Gasteiger partial charge in [-0.05, 0) is 0 Å². The first kappa shape index (κ1) is 22.7. The fourth-order valence-corrected chi connectivity index (χ4v) is 0. The van der Waals surface area contributed by atoms with Gasteiger partial charge in [0.15, 0.2) is 0 Å². The third-order valence-electron chi connectivity index (χ3n) is 0. The maximum atomic E-state index is 8.95. The molecule has 0 saturated heterocycles. The van der Waals surface area contributed by atoms with Gasteiger partial charge < -0.3 is 8.33 Å². The molecule has 8 heteroatoms. The van der Waals surface area contributed by atoms with Gasteiger partial charge in [0.05, 0.1) is 0 Å². The largest absolute Gasteiger partial charge is 2.00 e. The van der Waals surface area contributed by atoms with Crippen molar-refractivity contribution in [2.75, 3.05) is 0 Å². The molecular formula is H7AlClMgO4S. The molecule has 0 unspecified atom stereocenters. The van der Waals surface area contributed by atoms with Gasteiger partial charge in [-0.15, -0.1) is 0 Å². The second kappa shape index (κ2) is 8.46. The molecule has 0 rings (SSSR count). The average molecular weight is 190 g/mol. The molecule has 49 valence electrons. The van der Waals surface area contributed by atoms with Gasteiger partial charge in [0.2, 0.25) is 0 Å². The Bertz CT molecular complexity index is 106. The van der Waals surface area contributed by atoms with Crippen LogP contribution in [0.2, 0.25) is 0 Å². The molecule has 0 bridgehead atoms. The van der Waals surface area contributed by atoms with Crippen molar-refractivity contribution >= 4 is 60.4 Å². The third-order valence-corrected chi connectivity index (χ3v) is 0. The van der Waals surface area contributed by atoms with E-state index in [-0.39, 0.29) is 48.7 Å². The van der Waals surface area contributed by atoms with Crippen molar-refractivity contribution in [2.45, 2.75) is 0 Å². The summed E-state index contributed by atoms with van der Waals surface area (Å²) in [5.41, 5.74) is 0. The Morgan fingerprint density at radius 3 is 1.50 bits per heavy atom. The number of hydrogen-bond donors (Lipinski definition) is 1. The topological polar surface area (TPSA) is 85.9 Å². The van der Waals surface area contributed by atoms with Crippen LogP contribution in [-0.2, 0) is 9.33 Å². The van der Waals surface area contributed by atoms with Crippen LogP contribution in [0.3, 0.4) is 0 Å². The van der Waals surface area contributed by atoms with Gasteiger partial charge in [0.25, 0.3) is 0 Å². The fraction of sp³-hybridized carbons (Fsp3) is 0. The molecule has 0 heterocycles. The van der Waals surface area contributed by atoms with E-state index in [2.05, 4.69) is 10.7 Å². The molecule has 0 aliphatic rings. The van der Waals surface area contributed by atoms with Crippen molar-refractivity contribution in [3.63, 3.8) is 0 Å². The summed E-state index contributed by atoms with van der Waals surface area (Å²) in [6.45, 7) is 0. The normalized spacial score (nSPS) is 7.25. The van der Waals surface area contributed by atoms with Crippen LogP contribution in [-0.4, -0.2) is 58.9 Å². The smallest absolute Gasteiger partial charge is 1.00 e. The molecule has 0 aromatic heterocycles. The Morgan fingerprint density at radius 1 is 1.50 bits per heavy atom. The Balaban J connectivity index is -0.00000000800. The minimum atomic E-state index is -4.19. The van der Waals surface area contributed by atoms with E-state index in [1.54, 1.807) is 0 Å². The van der Waals surface area contributed by atoms with Gasteiger partial charge in [0.1, 0.15) is 17.4 Å². The summed E-state index contributed by atoms with van der Waals surface area (Å²) in [4.78, 5) is 0. The average Bonchev–Trinajstić information content (AvgIpc) is 0.722. The van der Waals surface area contributed by atoms with E-state index < -0.39 is 9.33 Å². The number of rotatable bonds is 0. The van der Waals surface area contributed by atoms with Crippen molar-refractivity contribution < 1.29 is 21.3 Å². The molecular weight excluding hydrogens is 183 g/mol. The first-order chi connectivity index (χ1) is 2.00. The molecule has 0 aliphatic carbocycles. The summed E-state index contributed by atoms with van der Waals surface area (Å²) in [6.07, 6.45) is 0. The Kier molecular flexibility index (Phi) is 24.0. The van der Waals surface area contributed by atoms with E-state index in [9.17, 15) is 0 Å². The van der Waals surface area contributed by atoms with Crippen LogP contribution in [0.4, 0.5) is 0 Å². The number of halogens is 1. The summed E-state index contributed by atoms with van der Waals surface area (Å²) in [6, 6.07) is 0. The zero-order valence-electron chi connectivity index (χ0n) is 6.26. The van der Waals surface area contributed by atoms with Crippen LogP contribution in [0.15, 0.2) is 0 Å². The monoisotopic (exact) mass is 189 g/mol. The zero-order valence-corrected chi connectivity index (χ0v) is 9.24. The Labute approximate surface area is 81.4 Å². The molecule has 0 aromatic carbocycles. The molecule has 0 aromatic rings. The van der Waals surface area contributed by atoms with Gasteiger partial charge >= 0.3 is 32.4 Å². The molecule has 3 N–H and O–H groups in total. The van der Waals surface area contributed by atoms with Crippen LogP contribution >= 0.6 is 10.7 Å². The Hall–Kier alpha value is 1.46. The minimum Gasteiger partial charge on any atom is -1.00 e. The van der Waals surface area contributed by atoms with E-state index in [4.69, 9.17) is 13.0 Å². The third kappa shape index (κ3) is 146. The van der Waals surface area contributed by atoms with Gasteiger partial charge in [-0.25, -0.2) is 0 Å². The molecule has 0 atom stereocenters. The molecule has 0 spiro atoms. The molecule has 0 fully saturated rings. The number of hydrogen-bond acceptors (Lipinski definition) is 2. The zero-order chi connectivity index (χ0) is 4.50. The van der Waals surface area contributed by atoms with Crippen LogP contribution < -0.4 is 0 Å². The summed E-state index contributed by atoms with van der Waals surface area (Å²) >= 11 is 0. The SMILES string of the molecule is O.O=S(=O)(O)Cl.[AlH2].[H-].[H-].[Mg+2]. The van der Waals surface area contributed by atoms with Crippen molar-refractivity contribution in [3.05, 3.63) is 0 Å². The molecule has 0 amide bonds. The van der Waals surface area contributed by atoms with Crippen molar-refractivity contribution in [3.8, 4) is 0 Å². The van der Waals surface area contributed by atoms with Gasteiger partial charge in [-0.3, -0.25) is 4.55 Å². The van der Waals surface area contributed by atoms with E-state index in [1.165, 1.54) is 0 Å². The van der Waals surface area contributed by atoms with E-state index in [1.807, 2.05) is 0 Å². The maximum Gasteiger partial charge on any atom is 2.00 e. The van der Waals surface area contributed by atoms with Gasteiger partial charge in [0, 0.05) is 10.7 Å². The molecule has 8 heavy (non-hydrogen) atoms. The maximum absolute atomic E-state index is 8.95. The first-order valence-electron chi connectivity index (χ1n) is 0.670. The summed E-state index contributed by atoms with van der Waals surface area (Å²) in [5, 5.41) is 0. The minimum absolute atomic E-state index is 0. The van der Waals surface area contributed by atoms with Gasteiger partial charge in [-0.2, -0.15) is 8.42 Å². The Morgan fingerprint density at radius 2 is 1.50 bits per heavy atom. The molecule has 0 aliphatic heterocycles. The van der Waals surface area contributed by atoms with Crippen molar-refractivity contribution in [1.29, 1.82) is 0 Å². The second-order valence-electron chi connectivity index (χ2n) is 0.412. The van der Waals surface area contributed by atoms with Crippen molar-refractivity contribution in [2.24, 2.45) is 0 Å². The standard InChI is InChI=1S/Al.ClHO3S.Mg.H2O.4H/c;1-5(2,3)4;;;;;;/h;(H,2,3,4);;1H2;;;;/q;;+2;;;;2*-1. The van der Waals surface area contributed by atoms with E-state index >= 15 is 0 Å². The fourth-order valence-electron chi connectivity index (χ4n) is 0. The molecule has 0 saturated carbocycles. The van der Waals surface area contributed by atoms with E-state index in [0.29, 0.717) is 0 Å². The second-order valence-corrected chi connectivity index (χ2v) is 2.41. The quantitative estimate of drug-likeness (QED) is 0.275. The molecule has 1 radical (unpaired) electrons. The predicted molar refractivity (Wildman–Crippen MR) is 37.5 cm³/mol. The predicted octanol–water partition coefficient (Wildman–Crippen LogP) is -1.87. The van der Waals surface area contributed by atoms with Crippen LogP contribution in [0.1, 0.15) is 2.85 Å². The van der Waals surface area contributed by atoms with Crippen LogP contribution in [0.5, 0.6) is 0 Å². The summed E-state index contributed by atoms with van der Waals surface area (Å²) in [5.74, 6) is 0. The van der Waals surface area contributed by atoms with Gasteiger partial charge in [-0.1, -0.05) is 0 Å². The van der Waals surface area contributed by atoms with Crippen LogP contribution in [0, 0.1) is 0 Å². The van der Waals surface area contributed by atoms with Crippen molar-refractivity contribution in [1.82, 2.24) is 0 Å². The van der Waals surface area contributed by atoms with Crippen LogP contribution in [0.25, 0.3) is 0 Å². The molecule has 4 nitrogen and oxygen atoms in total. The summed E-state index contributed by atoms with van der Waals surface area (Å²) in [7, 11) is -0.137. The summed E-state index contributed by atoms with van der Waals surface area (Å²) < 4.78 is 25.2. The van der Waals surface area contributed by atoms with E-state index in [0.717, 1.165) is 0 Å². The first-order valence-corrected chi connectivity index (χ1v) is 2.94.